The highest BCUT2D eigenvalue weighted by Gasteiger charge is 2.22. The second kappa shape index (κ2) is 6.95. The lowest BCUT2D eigenvalue weighted by molar-refractivity contribution is -0.119. The summed E-state index contributed by atoms with van der Waals surface area (Å²) in [6.45, 7) is 0. The van der Waals surface area contributed by atoms with Crippen LogP contribution >= 0.6 is 11.8 Å². The standard InChI is InChI=1S/C16H18N4O2S/c1-20-16(22)9-11-8-12(2-3-14(11)19-20)18-15(21)10-23-13-4-6-17-7-5-13/h4-7,9,12H,2-3,8,10H2,1H3,(H,18,21). The maximum atomic E-state index is 12.1. The van der Waals surface area contributed by atoms with Crippen molar-refractivity contribution in [2.45, 2.75) is 30.2 Å². The number of hydrogen-bond donors (Lipinski definition) is 1. The van der Waals surface area contributed by atoms with Crippen LogP contribution in [0.5, 0.6) is 0 Å². The van der Waals surface area contributed by atoms with Gasteiger partial charge in [0.1, 0.15) is 0 Å². The first-order valence-corrected chi connectivity index (χ1v) is 8.48. The molecule has 0 radical (unpaired) electrons. The van der Waals surface area contributed by atoms with Crippen LogP contribution in [0.25, 0.3) is 0 Å². The molecule has 23 heavy (non-hydrogen) atoms. The van der Waals surface area contributed by atoms with Crippen molar-refractivity contribution >= 4 is 17.7 Å². The molecule has 1 amide bonds. The number of thioether (sulfide) groups is 1. The minimum absolute atomic E-state index is 0.0112. The largest absolute Gasteiger partial charge is 0.352 e. The van der Waals surface area contributed by atoms with Crippen LogP contribution in [0.4, 0.5) is 0 Å². The number of rotatable bonds is 4. The van der Waals surface area contributed by atoms with Crippen LogP contribution < -0.4 is 10.9 Å². The summed E-state index contributed by atoms with van der Waals surface area (Å²) in [5, 5.41) is 7.34. The van der Waals surface area contributed by atoms with Crippen LogP contribution in [0.3, 0.4) is 0 Å². The predicted molar refractivity (Wildman–Crippen MR) is 88.4 cm³/mol. The molecule has 1 aliphatic carbocycles. The molecule has 6 nitrogen and oxygen atoms in total. The molecule has 0 bridgehead atoms. The van der Waals surface area contributed by atoms with E-state index >= 15 is 0 Å². The maximum absolute atomic E-state index is 12.1. The Labute approximate surface area is 138 Å². The molecule has 0 aromatic carbocycles. The van der Waals surface area contributed by atoms with Crippen molar-refractivity contribution in [3.05, 3.63) is 52.2 Å². The SMILES string of the molecule is Cn1nc2c(cc1=O)CC(NC(=O)CSc1ccncc1)CC2. The number of hydrogen-bond acceptors (Lipinski definition) is 5. The van der Waals surface area contributed by atoms with Crippen molar-refractivity contribution in [1.82, 2.24) is 20.1 Å². The molecule has 0 fully saturated rings. The second-order valence-corrected chi connectivity index (χ2v) is 6.61. The Hall–Kier alpha value is -2.15. The van der Waals surface area contributed by atoms with Gasteiger partial charge in [0.2, 0.25) is 5.91 Å². The first-order chi connectivity index (χ1) is 11.1. The quantitative estimate of drug-likeness (QED) is 0.844. The summed E-state index contributed by atoms with van der Waals surface area (Å²) in [5.74, 6) is 0.388. The first-order valence-electron chi connectivity index (χ1n) is 7.50. The first kappa shape index (κ1) is 15.7. The van der Waals surface area contributed by atoms with Gasteiger partial charge in [0, 0.05) is 36.4 Å². The number of fused-ring (bicyclic) bond motifs is 1. The van der Waals surface area contributed by atoms with Gasteiger partial charge in [0.05, 0.1) is 11.4 Å². The van der Waals surface area contributed by atoms with E-state index in [0.717, 1.165) is 29.0 Å². The third-order valence-electron chi connectivity index (χ3n) is 3.84. The van der Waals surface area contributed by atoms with E-state index < -0.39 is 0 Å². The molecule has 7 heteroatoms. The third-order valence-corrected chi connectivity index (χ3v) is 4.85. The van der Waals surface area contributed by atoms with Crippen LogP contribution in [0.1, 0.15) is 17.7 Å². The molecular formula is C16H18N4O2S. The summed E-state index contributed by atoms with van der Waals surface area (Å²) in [5.41, 5.74) is 1.80. The lowest BCUT2D eigenvalue weighted by Gasteiger charge is -2.24. The number of pyridine rings is 1. The van der Waals surface area contributed by atoms with E-state index in [9.17, 15) is 9.59 Å². The van der Waals surface area contributed by atoms with E-state index in [2.05, 4.69) is 15.4 Å². The molecule has 1 aliphatic rings. The highest BCUT2D eigenvalue weighted by Crippen LogP contribution is 2.19. The molecular weight excluding hydrogens is 312 g/mol. The van der Waals surface area contributed by atoms with Gasteiger partial charge in [-0.05, 0) is 37.0 Å². The van der Waals surface area contributed by atoms with Crippen LogP contribution in [0.2, 0.25) is 0 Å². The summed E-state index contributed by atoms with van der Waals surface area (Å²) < 4.78 is 1.36. The molecule has 1 atom stereocenters. The molecule has 1 unspecified atom stereocenters. The van der Waals surface area contributed by atoms with Crippen molar-refractivity contribution in [1.29, 1.82) is 0 Å². The Bertz CT molecular complexity index is 760. The van der Waals surface area contributed by atoms with E-state index in [1.807, 2.05) is 12.1 Å². The number of amides is 1. The fourth-order valence-corrected chi connectivity index (χ4v) is 3.36. The Morgan fingerprint density at radius 3 is 3.00 bits per heavy atom. The van der Waals surface area contributed by atoms with E-state index in [-0.39, 0.29) is 17.5 Å². The fourth-order valence-electron chi connectivity index (χ4n) is 2.66. The molecule has 2 heterocycles. The van der Waals surface area contributed by atoms with Gasteiger partial charge in [-0.3, -0.25) is 14.6 Å². The van der Waals surface area contributed by atoms with Gasteiger partial charge in [-0.2, -0.15) is 5.10 Å². The third kappa shape index (κ3) is 3.98. The number of aryl methyl sites for hydroxylation is 2. The van der Waals surface area contributed by atoms with Gasteiger partial charge >= 0.3 is 0 Å². The zero-order chi connectivity index (χ0) is 16.2. The fraction of sp³-hybridized carbons (Fsp3) is 0.375. The maximum Gasteiger partial charge on any atom is 0.266 e. The van der Waals surface area contributed by atoms with E-state index in [1.165, 1.54) is 16.4 Å². The summed E-state index contributed by atoms with van der Waals surface area (Å²) in [7, 11) is 1.66. The highest BCUT2D eigenvalue weighted by molar-refractivity contribution is 8.00. The summed E-state index contributed by atoms with van der Waals surface area (Å²) in [4.78, 5) is 28.8. The summed E-state index contributed by atoms with van der Waals surface area (Å²) >= 11 is 1.49. The number of carbonyl (C=O) groups excluding carboxylic acids is 1. The summed E-state index contributed by atoms with van der Waals surface area (Å²) in [6.07, 6.45) is 5.73. The van der Waals surface area contributed by atoms with Gasteiger partial charge in [0.15, 0.2) is 0 Å². The Kier molecular flexibility index (Phi) is 4.76. The van der Waals surface area contributed by atoms with Crippen LogP contribution in [-0.4, -0.2) is 32.5 Å². The molecule has 120 valence electrons. The Morgan fingerprint density at radius 1 is 1.43 bits per heavy atom. The molecule has 3 rings (SSSR count). The van der Waals surface area contributed by atoms with Crippen LogP contribution in [0, 0.1) is 0 Å². The minimum atomic E-state index is -0.107. The van der Waals surface area contributed by atoms with Gasteiger partial charge in [0.25, 0.3) is 5.56 Å². The van der Waals surface area contributed by atoms with Gasteiger partial charge in [-0.15, -0.1) is 11.8 Å². The number of carbonyl (C=O) groups is 1. The van der Waals surface area contributed by atoms with E-state index in [4.69, 9.17) is 0 Å². The van der Waals surface area contributed by atoms with Crippen molar-refractivity contribution in [3.8, 4) is 0 Å². The van der Waals surface area contributed by atoms with E-state index in [1.54, 1.807) is 25.5 Å². The average Bonchev–Trinajstić information content (AvgIpc) is 2.55. The lowest BCUT2D eigenvalue weighted by Crippen LogP contribution is -2.40. The van der Waals surface area contributed by atoms with Gasteiger partial charge in [-0.1, -0.05) is 0 Å². The summed E-state index contributed by atoms with van der Waals surface area (Å²) in [6, 6.07) is 5.47. The van der Waals surface area contributed by atoms with Gasteiger partial charge < -0.3 is 5.32 Å². The molecule has 0 spiro atoms. The van der Waals surface area contributed by atoms with Crippen molar-refractivity contribution in [3.63, 3.8) is 0 Å². The van der Waals surface area contributed by atoms with Crippen LogP contribution in [-0.2, 0) is 24.7 Å². The topological polar surface area (TPSA) is 76.9 Å². The zero-order valence-corrected chi connectivity index (χ0v) is 13.7. The van der Waals surface area contributed by atoms with Crippen molar-refractivity contribution in [2.24, 2.45) is 7.05 Å². The molecule has 0 saturated heterocycles. The molecule has 1 N–H and O–H groups in total. The van der Waals surface area contributed by atoms with E-state index in [0.29, 0.717) is 12.2 Å². The Balaban J connectivity index is 1.56. The minimum Gasteiger partial charge on any atom is -0.352 e. The normalized spacial score (nSPS) is 16.7. The average molecular weight is 330 g/mol. The molecule has 0 saturated carbocycles. The molecule has 2 aromatic heterocycles. The predicted octanol–water partition coefficient (Wildman–Crippen LogP) is 0.941. The zero-order valence-electron chi connectivity index (χ0n) is 12.9. The van der Waals surface area contributed by atoms with Gasteiger partial charge in [-0.25, -0.2) is 4.68 Å². The smallest absolute Gasteiger partial charge is 0.266 e. The number of aromatic nitrogens is 3. The number of nitrogens with zero attached hydrogens (tertiary/aromatic N) is 3. The van der Waals surface area contributed by atoms with Crippen LogP contribution in [0.15, 0.2) is 40.3 Å². The number of nitrogens with one attached hydrogen (secondary N) is 1. The van der Waals surface area contributed by atoms with Crippen molar-refractivity contribution in [2.75, 3.05) is 5.75 Å². The highest BCUT2D eigenvalue weighted by atomic mass is 32.2. The second-order valence-electron chi connectivity index (χ2n) is 5.56. The molecule has 2 aromatic rings. The van der Waals surface area contributed by atoms with Crippen molar-refractivity contribution < 1.29 is 4.79 Å². The lowest BCUT2D eigenvalue weighted by atomic mass is 9.92. The Morgan fingerprint density at radius 2 is 2.22 bits per heavy atom. The monoisotopic (exact) mass is 330 g/mol. The molecule has 0 aliphatic heterocycles.